The van der Waals surface area contributed by atoms with E-state index in [4.69, 9.17) is 11.6 Å². The van der Waals surface area contributed by atoms with Crippen LogP contribution >= 0.6 is 22.9 Å². The van der Waals surface area contributed by atoms with Gasteiger partial charge in [-0.05, 0) is 18.4 Å². The van der Waals surface area contributed by atoms with Crippen LogP contribution in [0.3, 0.4) is 0 Å². The molecule has 0 saturated heterocycles. The molecule has 0 aliphatic heterocycles. The molecule has 6 heteroatoms. The fourth-order valence-corrected chi connectivity index (χ4v) is 2.73. The second-order valence-corrected chi connectivity index (χ2v) is 5.02. The second-order valence-electron chi connectivity index (χ2n) is 3.68. The Kier molecular flexibility index (Phi) is 2.57. The maximum atomic E-state index is 5.98. The summed E-state index contributed by atoms with van der Waals surface area (Å²) in [5.74, 6) is 0. The van der Waals surface area contributed by atoms with Gasteiger partial charge >= 0.3 is 0 Å². The fraction of sp³-hybridized carbons (Fsp3) is 0.182. The van der Waals surface area contributed by atoms with Gasteiger partial charge in [-0.3, -0.25) is 0 Å². The van der Waals surface area contributed by atoms with Crippen LogP contribution < -0.4 is 0 Å². The van der Waals surface area contributed by atoms with E-state index in [1.807, 2.05) is 10.6 Å². The number of aromatic nitrogens is 4. The molecule has 0 N–H and O–H groups in total. The zero-order valence-corrected chi connectivity index (χ0v) is 10.6. The van der Waals surface area contributed by atoms with Gasteiger partial charge < -0.3 is 4.57 Å². The maximum absolute atomic E-state index is 5.98. The Morgan fingerprint density at radius 2 is 2.24 bits per heavy atom. The lowest BCUT2D eigenvalue weighted by molar-refractivity contribution is 0.663. The number of thiophene rings is 1. The van der Waals surface area contributed by atoms with Crippen LogP contribution in [0.1, 0.15) is 17.8 Å². The van der Waals surface area contributed by atoms with Crippen molar-refractivity contribution in [1.29, 1.82) is 0 Å². The van der Waals surface area contributed by atoms with Gasteiger partial charge in [-0.15, -0.1) is 11.3 Å². The molecule has 86 valence electrons. The molecule has 3 rings (SSSR count). The first-order chi connectivity index (χ1) is 8.27. The maximum Gasteiger partial charge on any atom is 0.165 e. The summed E-state index contributed by atoms with van der Waals surface area (Å²) in [6.45, 7) is 2.11. The molecule has 0 fully saturated rings. The zero-order chi connectivity index (χ0) is 11.8. The van der Waals surface area contributed by atoms with Gasteiger partial charge in [0.1, 0.15) is 11.8 Å². The Hall–Kier alpha value is -1.46. The highest BCUT2D eigenvalue weighted by atomic mass is 35.5. The number of rotatable bonds is 2. The topological polar surface area (TPSA) is 43.6 Å². The number of hydrogen-bond donors (Lipinski definition) is 0. The lowest BCUT2D eigenvalue weighted by Crippen LogP contribution is -2.04. The molecule has 0 aromatic carbocycles. The number of imidazole rings is 1. The summed E-state index contributed by atoms with van der Waals surface area (Å²) in [7, 11) is 0. The van der Waals surface area contributed by atoms with E-state index in [0.29, 0.717) is 10.7 Å². The van der Waals surface area contributed by atoms with Crippen LogP contribution in [0.2, 0.25) is 5.15 Å². The summed E-state index contributed by atoms with van der Waals surface area (Å²) < 4.78 is 2.01. The molecular formula is C11H9ClN4S. The molecule has 0 saturated carbocycles. The summed E-state index contributed by atoms with van der Waals surface area (Å²) in [4.78, 5) is 13.7. The van der Waals surface area contributed by atoms with Gasteiger partial charge in [0.25, 0.3) is 0 Å². The van der Waals surface area contributed by atoms with Gasteiger partial charge in [-0.1, -0.05) is 17.7 Å². The van der Waals surface area contributed by atoms with E-state index < -0.39 is 0 Å². The van der Waals surface area contributed by atoms with Crippen LogP contribution in [-0.4, -0.2) is 19.5 Å². The van der Waals surface area contributed by atoms with Crippen molar-refractivity contribution in [3.63, 3.8) is 0 Å². The third-order valence-corrected chi connectivity index (χ3v) is 4.01. The summed E-state index contributed by atoms with van der Waals surface area (Å²) in [6, 6.07) is 4.34. The molecule has 3 aromatic heterocycles. The van der Waals surface area contributed by atoms with E-state index in [9.17, 15) is 0 Å². The highest BCUT2D eigenvalue weighted by molar-refractivity contribution is 7.10. The van der Waals surface area contributed by atoms with Gasteiger partial charge in [0.2, 0.25) is 0 Å². The molecule has 3 heterocycles. The van der Waals surface area contributed by atoms with Crippen molar-refractivity contribution in [3.05, 3.63) is 40.2 Å². The molecule has 1 atom stereocenters. The molecule has 0 aliphatic rings. The minimum Gasteiger partial charge on any atom is -0.307 e. The normalized spacial score (nSPS) is 13.1. The first kappa shape index (κ1) is 10.7. The van der Waals surface area contributed by atoms with Gasteiger partial charge in [0.05, 0.1) is 12.4 Å². The van der Waals surface area contributed by atoms with E-state index in [0.717, 1.165) is 5.65 Å². The number of hydrogen-bond acceptors (Lipinski definition) is 4. The Morgan fingerprint density at radius 3 is 3.00 bits per heavy atom. The third kappa shape index (κ3) is 1.71. The zero-order valence-electron chi connectivity index (χ0n) is 9.04. The molecule has 4 nitrogen and oxygen atoms in total. The number of nitrogens with zero attached hydrogens (tertiary/aromatic N) is 4. The Labute approximate surface area is 107 Å². The molecule has 0 aliphatic carbocycles. The molecule has 3 aromatic rings. The second kappa shape index (κ2) is 4.09. The van der Waals surface area contributed by atoms with Crippen LogP contribution in [0.25, 0.3) is 11.2 Å². The standard InChI is InChI=1S/C11H9ClN4S/c1-7(8-3-2-4-17-8)16-6-15-9-10(12)13-5-14-11(9)16/h2-7H,1H3. The van der Waals surface area contributed by atoms with Crippen LogP contribution in [0.15, 0.2) is 30.2 Å². The van der Waals surface area contributed by atoms with Crippen LogP contribution in [0.4, 0.5) is 0 Å². The van der Waals surface area contributed by atoms with Crippen molar-refractivity contribution in [2.24, 2.45) is 0 Å². The van der Waals surface area contributed by atoms with Crippen molar-refractivity contribution >= 4 is 34.1 Å². The van der Waals surface area contributed by atoms with Crippen molar-refractivity contribution in [1.82, 2.24) is 19.5 Å². The highest BCUT2D eigenvalue weighted by Gasteiger charge is 2.14. The predicted octanol–water partition coefficient (Wildman–Crippen LogP) is 3.15. The van der Waals surface area contributed by atoms with Crippen LogP contribution in [0, 0.1) is 0 Å². The van der Waals surface area contributed by atoms with E-state index in [-0.39, 0.29) is 6.04 Å². The minimum absolute atomic E-state index is 0.200. The fourth-order valence-electron chi connectivity index (χ4n) is 1.77. The highest BCUT2D eigenvalue weighted by Crippen LogP contribution is 2.26. The quantitative estimate of drug-likeness (QED) is 0.668. The average molecular weight is 265 g/mol. The molecular weight excluding hydrogens is 256 g/mol. The van der Waals surface area contributed by atoms with Gasteiger partial charge in [0.15, 0.2) is 10.8 Å². The van der Waals surface area contributed by atoms with E-state index in [1.165, 1.54) is 11.2 Å². The summed E-state index contributed by atoms with van der Waals surface area (Å²) in [5, 5.41) is 2.46. The molecule has 1 unspecified atom stereocenters. The van der Waals surface area contributed by atoms with Gasteiger partial charge in [-0.25, -0.2) is 15.0 Å². The average Bonchev–Trinajstić information content (AvgIpc) is 2.98. The van der Waals surface area contributed by atoms with Crippen molar-refractivity contribution in [2.75, 3.05) is 0 Å². The summed E-state index contributed by atoms with van der Waals surface area (Å²) in [6.07, 6.45) is 3.22. The molecule has 0 radical (unpaired) electrons. The van der Waals surface area contributed by atoms with Gasteiger partial charge in [0, 0.05) is 4.88 Å². The third-order valence-electron chi connectivity index (χ3n) is 2.69. The lowest BCUT2D eigenvalue weighted by Gasteiger charge is -2.11. The largest absolute Gasteiger partial charge is 0.307 e. The number of halogens is 1. The Morgan fingerprint density at radius 1 is 1.35 bits per heavy atom. The molecule has 0 bridgehead atoms. The van der Waals surface area contributed by atoms with Gasteiger partial charge in [-0.2, -0.15) is 0 Å². The first-order valence-corrected chi connectivity index (χ1v) is 6.39. The van der Waals surface area contributed by atoms with Crippen molar-refractivity contribution in [2.45, 2.75) is 13.0 Å². The Balaban J connectivity index is 2.15. The van der Waals surface area contributed by atoms with Crippen LogP contribution in [-0.2, 0) is 0 Å². The predicted molar refractivity (Wildman–Crippen MR) is 68.5 cm³/mol. The van der Waals surface area contributed by atoms with E-state index in [2.05, 4.69) is 33.3 Å². The van der Waals surface area contributed by atoms with Crippen LogP contribution in [0.5, 0.6) is 0 Å². The Bertz CT molecular complexity index is 647. The number of fused-ring (bicyclic) bond motifs is 1. The SMILES string of the molecule is CC(c1cccs1)n1cnc2c(Cl)ncnc21. The molecule has 0 spiro atoms. The summed E-state index contributed by atoms with van der Waals surface area (Å²) in [5.41, 5.74) is 1.42. The summed E-state index contributed by atoms with van der Waals surface area (Å²) >= 11 is 7.69. The first-order valence-electron chi connectivity index (χ1n) is 5.14. The van der Waals surface area contributed by atoms with Crippen molar-refractivity contribution in [3.8, 4) is 0 Å². The van der Waals surface area contributed by atoms with E-state index in [1.54, 1.807) is 17.7 Å². The van der Waals surface area contributed by atoms with E-state index >= 15 is 0 Å². The smallest absolute Gasteiger partial charge is 0.165 e. The lowest BCUT2D eigenvalue weighted by atomic mass is 10.3. The minimum atomic E-state index is 0.200. The van der Waals surface area contributed by atoms with Crippen molar-refractivity contribution < 1.29 is 0 Å². The molecule has 0 amide bonds. The monoisotopic (exact) mass is 264 g/mol. The molecule has 17 heavy (non-hydrogen) atoms.